The second-order valence-electron chi connectivity index (χ2n) is 4.07. The number of carbonyl (C=O) groups excluding carboxylic acids is 2. The van der Waals surface area contributed by atoms with Gasteiger partial charge >= 0.3 is 6.03 Å². The minimum absolute atomic E-state index is 0.401. The molecule has 0 unspecified atom stereocenters. The number of likely N-dealkylation sites (N-methyl/N-ethyl adjacent to an activating group) is 1. The first-order valence-corrected chi connectivity index (χ1v) is 6.24. The molecule has 0 aromatic heterocycles. The number of amides is 3. The molecule has 0 saturated carbocycles. The van der Waals surface area contributed by atoms with Crippen LogP contribution >= 0.6 is 15.9 Å². The van der Waals surface area contributed by atoms with Crippen molar-refractivity contribution in [1.82, 2.24) is 10.2 Å². The Bertz CT molecular complexity index is 433. The summed E-state index contributed by atoms with van der Waals surface area (Å²) in [5.74, 6) is -0.401. The lowest BCUT2D eigenvalue weighted by Crippen LogP contribution is -2.46. The smallest absolute Gasteiger partial charge is 0.318 e. The molecule has 0 heterocycles. The van der Waals surface area contributed by atoms with Crippen LogP contribution < -0.4 is 11.1 Å². The lowest BCUT2D eigenvalue weighted by Gasteiger charge is -2.23. The maximum absolute atomic E-state index is 11.6. The minimum atomic E-state index is -0.830. The van der Waals surface area contributed by atoms with Crippen LogP contribution in [0.2, 0.25) is 0 Å². The van der Waals surface area contributed by atoms with E-state index in [0.29, 0.717) is 6.54 Å². The first-order valence-electron chi connectivity index (χ1n) is 5.45. The van der Waals surface area contributed by atoms with E-state index in [9.17, 15) is 9.59 Å². The van der Waals surface area contributed by atoms with Crippen molar-refractivity contribution in [3.05, 3.63) is 34.3 Å². The van der Waals surface area contributed by atoms with Crippen LogP contribution in [0.3, 0.4) is 0 Å². The van der Waals surface area contributed by atoms with E-state index < -0.39 is 18.0 Å². The molecule has 98 valence electrons. The summed E-state index contributed by atoms with van der Waals surface area (Å²) >= 11 is 3.36. The highest BCUT2D eigenvalue weighted by atomic mass is 79.9. The quantitative estimate of drug-likeness (QED) is 0.883. The SMILES string of the molecule is C[C@@H](C(=O)NC(N)=O)N(C)Cc1ccc(Br)cc1. The summed E-state index contributed by atoms with van der Waals surface area (Å²) in [7, 11) is 1.81. The third-order valence-electron chi connectivity index (χ3n) is 2.63. The van der Waals surface area contributed by atoms with Gasteiger partial charge in [0.15, 0.2) is 0 Å². The first-order chi connectivity index (χ1) is 8.40. The Balaban J connectivity index is 2.59. The number of urea groups is 1. The van der Waals surface area contributed by atoms with Crippen LogP contribution in [0.25, 0.3) is 0 Å². The lowest BCUT2D eigenvalue weighted by molar-refractivity contribution is -0.124. The topological polar surface area (TPSA) is 75.4 Å². The number of halogens is 1. The van der Waals surface area contributed by atoms with E-state index in [1.54, 1.807) is 6.92 Å². The van der Waals surface area contributed by atoms with Crippen LogP contribution in [0.5, 0.6) is 0 Å². The highest BCUT2D eigenvalue weighted by molar-refractivity contribution is 9.10. The maximum Gasteiger partial charge on any atom is 0.318 e. The van der Waals surface area contributed by atoms with Gasteiger partial charge in [0.1, 0.15) is 0 Å². The molecule has 0 aliphatic carbocycles. The second-order valence-corrected chi connectivity index (χ2v) is 4.99. The Morgan fingerprint density at radius 2 is 1.94 bits per heavy atom. The Labute approximate surface area is 114 Å². The fraction of sp³-hybridized carbons (Fsp3) is 0.333. The van der Waals surface area contributed by atoms with E-state index in [-0.39, 0.29) is 0 Å². The van der Waals surface area contributed by atoms with Crippen molar-refractivity contribution in [3.63, 3.8) is 0 Å². The van der Waals surface area contributed by atoms with Crippen molar-refractivity contribution < 1.29 is 9.59 Å². The van der Waals surface area contributed by atoms with Crippen molar-refractivity contribution >= 4 is 27.9 Å². The van der Waals surface area contributed by atoms with Crippen LogP contribution in [0.4, 0.5) is 4.79 Å². The average Bonchev–Trinajstić information content (AvgIpc) is 2.30. The number of nitrogens with zero attached hydrogens (tertiary/aromatic N) is 1. The number of nitrogens with one attached hydrogen (secondary N) is 1. The molecular weight excluding hydrogens is 298 g/mol. The number of hydrogen-bond donors (Lipinski definition) is 2. The van der Waals surface area contributed by atoms with Crippen molar-refractivity contribution in [2.45, 2.75) is 19.5 Å². The zero-order valence-corrected chi connectivity index (χ0v) is 11.9. The summed E-state index contributed by atoms with van der Waals surface area (Å²) in [6, 6.07) is 6.57. The molecular formula is C12H16BrN3O2. The number of rotatable bonds is 4. The van der Waals surface area contributed by atoms with Gasteiger partial charge in [-0.05, 0) is 31.7 Å². The summed E-state index contributed by atoms with van der Waals surface area (Å²) in [5.41, 5.74) is 5.99. The Kier molecular flexibility index (Phi) is 5.30. The van der Waals surface area contributed by atoms with Gasteiger partial charge < -0.3 is 5.73 Å². The molecule has 0 fully saturated rings. The van der Waals surface area contributed by atoms with Gasteiger partial charge in [-0.25, -0.2) is 4.79 Å². The van der Waals surface area contributed by atoms with Crippen molar-refractivity contribution in [3.8, 4) is 0 Å². The third kappa shape index (κ3) is 4.46. The number of hydrogen-bond acceptors (Lipinski definition) is 3. The molecule has 3 amide bonds. The predicted molar refractivity (Wildman–Crippen MR) is 72.8 cm³/mol. The van der Waals surface area contributed by atoms with Gasteiger partial charge in [0.25, 0.3) is 0 Å². The fourth-order valence-corrected chi connectivity index (χ4v) is 1.71. The van der Waals surface area contributed by atoms with Gasteiger partial charge in [-0.15, -0.1) is 0 Å². The summed E-state index contributed by atoms with van der Waals surface area (Å²) < 4.78 is 1.01. The number of primary amides is 1. The molecule has 1 rings (SSSR count). The highest BCUT2D eigenvalue weighted by Crippen LogP contribution is 2.12. The van der Waals surface area contributed by atoms with E-state index in [1.807, 2.05) is 36.2 Å². The zero-order valence-electron chi connectivity index (χ0n) is 10.3. The van der Waals surface area contributed by atoms with E-state index in [4.69, 9.17) is 5.73 Å². The molecule has 0 bridgehead atoms. The average molecular weight is 314 g/mol. The molecule has 18 heavy (non-hydrogen) atoms. The van der Waals surface area contributed by atoms with Gasteiger partial charge in [0.05, 0.1) is 6.04 Å². The molecule has 1 atom stereocenters. The van der Waals surface area contributed by atoms with Crippen LogP contribution in [0.15, 0.2) is 28.7 Å². The standard InChI is InChI=1S/C12H16BrN3O2/c1-8(11(17)15-12(14)18)16(2)7-9-3-5-10(13)6-4-9/h3-6,8H,7H2,1-2H3,(H3,14,15,17,18)/t8-/m0/s1. The third-order valence-corrected chi connectivity index (χ3v) is 3.16. The Hall–Kier alpha value is -1.40. The number of carbonyl (C=O) groups is 2. The molecule has 0 aliphatic rings. The van der Waals surface area contributed by atoms with Crippen molar-refractivity contribution in [2.75, 3.05) is 7.05 Å². The van der Waals surface area contributed by atoms with Crippen LogP contribution in [-0.2, 0) is 11.3 Å². The molecule has 5 nitrogen and oxygen atoms in total. The molecule has 6 heteroatoms. The van der Waals surface area contributed by atoms with Gasteiger partial charge in [0, 0.05) is 11.0 Å². The van der Waals surface area contributed by atoms with Crippen LogP contribution in [0.1, 0.15) is 12.5 Å². The molecule has 3 N–H and O–H groups in total. The molecule has 1 aromatic rings. The van der Waals surface area contributed by atoms with Gasteiger partial charge in [-0.1, -0.05) is 28.1 Å². The second kappa shape index (κ2) is 6.51. The number of nitrogens with two attached hydrogens (primary N) is 1. The van der Waals surface area contributed by atoms with Gasteiger partial charge in [-0.2, -0.15) is 0 Å². The van der Waals surface area contributed by atoms with E-state index in [1.165, 1.54) is 0 Å². The van der Waals surface area contributed by atoms with E-state index in [0.717, 1.165) is 10.0 Å². The molecule has 1 aromatic carbocycles. The minimum Gasteiger partial charge on any atom is -0.351 e. The maximum atomic E-state index is 11.6. The van der Waals surface area contributed by atoms with Crippen molar-refractivity contribution in [1.29, 1.82) is 0 Å². The summed E-state index contributed by atoms with van der Waals surface area (Å²) in [4.78, 5) is 24.0. The predicted octanol–water partition coefficient (Wildman–Crippen LogP) is 1.46. The number of benzene rings is 1. The fourth-order valence-electron chi connectivity index (χ4n) is 1.44. The largest absolute Gasteiger partial charge is 0.351 e. The monoisotopic (exact) mass is 313 g/mol. The summed E-state index contributed by atoms with van der Waals surface area (Å²) in [6.07, 6.45) is 0. The normalized spacial score (nSPS) is 12.2. The highest BCUT2D eigenvalue weighted by Gasteiger charge is 2.19. The first kappa shape index (κ1) is 14.7. The molecule has 0 saturated heterocycles. The van der Waals surface area contributed by atoms with Crippen molar-refractivity contribution in [2.24, 2.45) is 5.73 Å². The van der Waals surface area contributed by atoms with E-state index in [2.05, 4.69) is 21.2 Å². The lowest BCUT2D eigenvalue weighted by atomic mass is 10.2. The Morgan fingerprint density at radius 3 is 2.44 bits per heavy atom. The summed E-state index contributed by atoms with van der Waals surface area (Å²) in [5, 5.41) is 2.07. The number of imide groups is 1. The van der Waals surface area contributed by atoms with Crippen LogP contribution in [-0.4, -0.2) is 29.9 Å². The molecule has 0 radical (unpaired) electrons. The Morgan fingerprint density at radius 1 is 1.39 bits per heavy atom. The van der Waals surface area contributed by atoms with Gasteiger partial charge in [0.2, 0.25) is 5.91 Å². The zero-order chi connectivity index (χ0) is 13.7. The van der Waals surface area contributed by atoms with Gasteiger partial charge in [-0.3, -0.25) is 15.0 Å². The molecule has 0 spiro atoms. The van der Waals surface area contributed by atoms with E-state index >= 15 is 0 Å². The molecule has 0 aliphatic heterocycles. The van der Waals surface area contributed by atoms with Crippen LogP contribution in [0, 0.1) is 0 Å². The summed E-state index contributed by atoms with van der Waals surface area (Å²) in [6.45, 7) is 2.33.